The number of hydrogen-bond donors (Lipinski definition) is 4. The molecule has 5 N–H and O–H groups in total. The standard InChI is InChI=1S/C19H23N7O2/c20-17(21)16-18-22-9-7-14(25-18)26-10-2-5-13(26)12-4-1-6-15(24-12)28-11-3-8-23-19(16)27/h1,4,6-7,9,13,22H,2-3,5,8,10-11H2,(H3,20,21)(H,23,27)/b18-16-. The van der Waals surface area contributed by atoms with Crippen molar-refractivity contribution in [1.82, 2.24) is 20.5 Å². The summed E-state index contributed by atoms with van der Waals surface area (Å²) >= 11 is 0. The monoisotopic (exact) mass is 381 g/mol. The number of fused-ring (bicyclic) bond motifs is 6. The van der Waals surface area contributed by atoms with E-state index in [0.717, 1.165) is 25.1 Å². The predicted octanol–water partition coefficient (Wildman–Crippen LogP) is 0.780. The second kappa shape index (κ2) is 7.71. The number of ether oxygens (including phenoxy) is 1. The Morgan fingerprint density at radius 2 is 2.25 bits per heavy atom. The maximum Gasteiger partial charge on any atom is 0.258 e. The summed E-state index contributed by atoms with van der Waals surface area (Å²) in [7, 11) is 0. The molecule has 0 aromatic carbocycles. The highest BCUT2D eigenvalue weighted by Gasteiger charge is 2.30. The number of amidine groups is 2. The van der Waals surface area contributed by atoms with E-state index >= 15 is 0 Å². The molecule has 146 valence electrons. The van der Waals surface area contributed by atoms with E-state index in [2.05, 4.69) is 25.5 Å². The molecule has 3 aliphatic rings. The molecule has 0 saturated carbocycles. The molecular formula is C19H23N7O2. The second-order valence-corrected chi connectivity index (χ2v) is 6.79. The molecule has 28 heavy (non-hydrogen) atoms. The number of nitrogens with zero attached hydrogens (tertiary/aromatic N) is 3. The van der Waals surface area contributed by atoms with Crippen molar-refractivity contribution in [1.29, 1.82) is 5.41 Å². The molecule has 3 aliphatic heterocycles. The first-order valence-electron chi connectivity index (χ1n) is 9.38. The summed E-state index contributed by atoms with van der Waals surface area (Å²) in [6.45, 7) is 1.65. The van der Waals surface area contributed by atoms with Crippen molar-refractivity contribution in [2.75, 3.05) is 19.7 Å². The van der Waals surface area contributed by atoms with Gasteiger partial charge in [-0.25, -0.2) is 9.98 Å². The number of carbonyl (C=O) groups is 1. The molecule has 4 bridgehead atoms. The van der Waals surface area contributed by atoms with Crippen molar-refractivity contribution in [2.24, 2.45) is 10.7 Å². The van der Waals surface area contributed by atoms with Crippen LogP contribution in [0.5, 0.6) is 5.88 Å². The smallest absolute Gasteiger partial charge is 0.258 e. The van der Waals surface area contributed by atoms with Gasteiger partial charge in [0.25, 0.3) is 5.91 Å². The van der Waals surface area contributed by atoms with E-state index in [4.69, 9.17) is 15.9 Å². The number of hydrogen-bond acceptors (Lipinski definition) is 7. The number of rotatable bonds is 1. The number of pyridine rings is 1. The molecular weight excluding hydrogens is 358 g/mol. The van der Waals surface area contributed by atoms with E-state index < -0.39 is 5.91 Å². The van der Waals surface area contributed by atoms with Crippen molar-refractivity contribution in [3.05, 3.63) is 47.6 Å². The summed E-state index contributed by atoms with van der Waals surface area (Å²) in [5.74, 6) is 0.813. The normalized spacial score (nSPS) is 24.7. The molecule has 0 aliphatic carbocycles. The van der Waals surface area contributed by atoms with Crippen LogP contribution in [0.25, 0.3) is 0 Å². The fourth-order valence-electron chi connectivity index (χ4n) is 3.61. The van der Waals surface area contributed by atoms with Gasteiger partial charge in [-0.2, -0.15) is 0 Å². The molecule has 9 nitrogen and oxygen atoms in total. The number of nitrogens with one attached hydrogen (secondary N) is 3. The van der Waals surface area contributed by atoms with Crippen LogP contribution < -0.4 is 21.1 Å². The SMILES string of the molecule is N=C(N)/C1=C2/N=C(C=CN2)N2CCCC2c2cccc(n2)OCCCNC1=O. The number of aliphatic imine (C=N–C) groups is 1. The Bertz CT molecular complexity index is 890. The molecule has 0 radical (unpaired) electrons. The lowest BCUT2D eigenvalue weighted by atomic mass is 10.1. The lowest BCUT2D eigenvalue weighted by molar-refractivity contribution is -0.117. The van der Waals surface area contributed by atoms with E-state index in [9.17, 15) is 4.79 Å². The molecule has 1 aromatic heterocycles. The molecule has 1 amide bonds. The van der Waals surface area contributed by atoms with Crippen LogP contribution in [0.15, 0.2) is 46.9 Å². The average Bonchev–Trinajstić information content (AvgIpc) is 3.17. The first-order valence-corrected chi connectivity index (χ1v) is 9.38. The van der Waals surface area contributed by atoms with Gasteiger partial charge in [-0.1, -0.05) is 6.07 Å². The van der Waals surface area contributed by atoms with Gasteiger partial charge in [0.1, 0.15) is 23.1 Å². The molecule has 1 aromatic rings. The summed E-state index contributed by atoms with van der Waals surface area (Å²) in [6.07, 6.45) is 6.15. The molecule has 1 saturated heterocycles. The Balaban J connectivity index is 1.78. The quantitative estimate of drug-likeness (QED) is 0.420. The number of nitrogens with two attached hydrogens (primary N) is 1. The van der Waals surface area contributed by atoms with Gasteiger partial charge in [-0.3, -0.25) is 10.2 Å². The maximum atomic E-state index is 12.6. The van der Waals surface area contributed by atoms with E-state index in [1.807, 2.05) is 24.3 Å². The summed E-state index contributed by atoms with van der Waals surface area (Å²) in [5, 5.41) is 13.6. The van der Waals surface area contributed by atoms with Gasteiger partial charge in [0.15, 0.2) is 0 Å². The Labute approximate surface area is 162 Å². The van der Waals surface area contributed by atoms with Crippen LogP contribution in [-0.2, 0) is 4.79 Å². The molecule has 4 heterocycles. The summed E-state index contributed by atoms with van der Waals surface area (Å²) in [6, 6.07) is 5.87. The first kappa shape index (κ1) is 18.0. The first-order chi connectivity index (χ1) is 13.6. The predicted molar refractivity (Wildman–Crippen MR) is 105 cm³/mol. The molecule has 1 fully saturated rings. The Morgan fingerprint density at radius 1 is 1.36 bits per heavy atom. The Kier molecular flexibility index (Phi) is 4.96. The highest BCUT2D eigenvalue weighted by Crippen LogP contribution is 2.33. The minimum atomic E-state index is -0.431. The highest BCUT2D eigenvalue weighted by atomic mass is 16.5. The van der Waals surface area contributed by atoms with Gasteiger partial charge in [-0.05, 0) is 31.4 Å². The van der Waals surface area contributed by atoms with Gasteiger partial charge in [0.05, 0.1) is 18.3 Å². The number of amides is 1. The van der Waals surface area contributed by atoms with Crippen molar-refractivity contribution in [2.45, 2.75) is 25.3 Å². The van der Waals surface area contributed by atoms with Crippen molar-refractivity contribution < 1.29 is 9.53 Å². The number of aromatic nitrogens is 1. The maximum absolute atomic E-state index is 12.6. The summed E-state index contributed by atoms with van der Waals surface area (Å²) in [4.78, 5) is 24.0. The zero-order valence-electron chi connectivity index (χ0n) is 15.4. The van der Waals surface area contributed by atoms with Crippen molar-refractivity contribution in [3.63, 3.8) is 0 Å². The molecule has 0 spiro atoms. The molecule has 4 rings (SSSR count). The van der Waals surface area contributed by atoms with Gasteiger partial charge in [0, 0.05) is 25.4 Å². The largest absolute Gasteiger partial charge is 0.478 e. The fourth-order valence-corrected chi connectivity index (χ4v) is 3.61. The lowest BCUT2D eigenvalue weighted by Crippen LogP contribution is -2.37. The minimum absolute atomic E-state index is 0.0343. The zero-order valence-corrected chi connectivity index (χ0v) is 15.4. The lowest BCUT2D eigenvalue weighted by Gasteiger charge is -2.28. The van der Waals surface area contributed by atoms with E-state index in [1.165, 1.54) is 0 Å². The fraction of sp³-hybridized carbons (Fsp3) is 0.368. The molecule has 1 atom stereocenters. The number of carbonyl (C=O) groups excluding carboxylic acids is 1. The third-order valence-electron chi connectivity index (χ3n) is 4.90. The van der Waals surface area contributed by atoms with Gasteiger partial charge < -0.3 is 26.0 Å². The van der Waals surface area contributed by atoms with E-state index in [-0.39, 0.29) is 23.3 Å². The van der Waals surface area contributed by atoms with Crippen LogP contribution in [0.1, 0.15) is 31.0 Å². The van der Waals surface area contributed by atoms with Gasteiger partial charge in [0.2, 0.25) is 5.88 Å². The van der Waals surface area contributed by atoms with Crippen molar-refractivity contribution >= 4 is 17.6 Å². The van der Waals surface area contributed by atoms with Crippen LogP contribution in [0.2, 0.25) is 0 Å². The van der Waals surface area contributed by atoms with Crippen LogP contribution in [0.4, 0.5) is 0 Å². The third-order valence-corrected chi connectivity index (χ3v) is 4.90. The average molecular weight is 381 g/mol. The van der Waals surface area contributed by atoms with Crippen LogP contribution in [0, 0.1) is 5.41 Å². The van der Waals surface area contributed by atoms with Gasteiger partial charge >= 0.3 is 0 Å². The molecule has 1 unspecified atom stereocenters. The summed E-state index contributed by atoms with van der Waals surface area (Å²) in [5.41, 5.74) is 6.66. The Hall–Kier alpha value is -3.36. The van der Waals surface area contributed by atoms with Gasteiger partial charge in [-0.15, -0.1) is 0 Å². The van der Waals surface area contributed by atoms with Crippen LogP contribution in [0.3, 0.4) is 0 Å². The topological polar surface area (TPSA) is 129 Å². The Morgan fingerprint density at radius 3 is 3.11 bits per heavy atom. The highest BCUT2D eigenvalue weighted by molar-refractivity contribution is 6.19. The zero-order chi connectivity index (χ0) is 19.5. The van der Waals surface area contributed by atoms with E-state index in [0.29, 0.717) is 31.3 Å². The third kappa shape index (κ3) is 3.55. The molecule has 9 heteroatoms. The second-order valence-electron chi connectivity index (χ2n) is 6.79. The minimum Gasteiger partial charge on any atom is -0.478 e. The van der Waals surface area contributed by atoms with Crippen LogP contribution >= 0.6 is 0 Å². The summed E-state index contributed by atoms with van der Waals surface area (Å²) < 4.78 is 5.75. The van der Waals surface area contributed by atoms with E-state index in [1.54, 1.807) is 6.20 Å². The van der Waals surface area contributed by atoms with Crippen LogP contribution in [-0.4, -0.2) is 47.2 Å². The van der Waals surface area contributed by atoms with Crippen molar-refractivity contribution in [3.8, 4) is 5.88 Å².